The summed E-state index contributed by atoms with van der Waals surface area (Å²) in [5, 5.41) is 23.3. The van der Waals surface area contributed by atoms with E-state index in [2.05, 4.69) is 5.32 Å². The normalized spacial score (nSPS) is 35.1. The van der Waals surface area contributed by atoms with Crippen molar-refractivity contribution in [3.8, 4) is 0 Å². The number of amides is 2. The number of aliphatic carboxylic acids is 1. The highest BCUT2D eigenvalue weighted by molar-refractivity contribution is 8.03. The van der Waals surface area contributed by atoms with Crippen molar-refractivity contribution in [2.24, 2.45) is 11.8 Å². The zero-order valence-electron chi connectivity index (χ0n) is 16.8. The summed E-state index contributed by atoms with van der Waals surface area (Å²) >= 11 is 1.52. The second kappa shape index (κ2) is 7.92. The fourth-order valence-electron chi connectivity index (χ4n) is 5.19. The van der Waals surface area contributed by atoms with Crippen molar-refractivity contribution >= 4 is 29.5 Å². The Balaban J connectivity index is 1.41. The van der Waals surface area contributed by atoms with Gasteiger partial charge in [-0.1, -0.05) is 6.92 Å². The Bertz CT molecular complexity index is 748. The maximum atomic E-state index is 12.4. The largest absolute Gasteiger partial charge is 0.477 e. The zero-order chi connectivity index (χ0) is 20.9. The van der Waals surface area contributed by atoms with Crippen molar-refractivity contribution in [2.45, 2.75) is 63.0 Å². The first-order valence-electron chi connectivity index (χ1n) is 10.5. The van der Waals surface area contributed by atoms with E-state index in [0.29, 0.717) is 13.0 Å². The first-order chi connectivity index (χ1) is 13.8. The number of carbonyl (C=O) groups is 3. The molecule has 0 saturated carbocycles. The molecule has 4 rings (SSSR count). The van der Waals surface area contributed by atoms with Crippen LogP contribution in [0.3, 0.4) is 0 Å². The van der Waals surface area contributed by atoms with Crippen LogP contribution in [0.1, 0.15) is 39.5 Å². The number of aliphatic hydroxyl groups excluding tert-OH is 1. The van der Waals surface area contributed by atoms with Gasteiger partial charge in [0.1, 0.15) is 5.70 Å². The van der Waals surface area contributed by atoms with Crippen LogP contribution in [0.15, 0.2) is 10.6 Å². The number of thioether (sulfide) groups is 1. The average molecular weight is 424 g/mol. The quantitative estimate of drug-likeness (QED) is 0.537. The molecule has 0 aromatic rings. The number of carboxylic acids is 1. The van der Waals surface area contributed by atoms with E-state index in [1.807, 2.05) is 11.8 Å². The van der Waals surface area contributed by atoms with E-state index in [1.54, 1.807) is 6.92 Å². The Labute approximate surface area is 174 Å². The smallest absolute Gasteiger partial charge is 0.353 e. The maximum Gasteiger partial charge on any atom is 0.353 e. The fourth-order valence-corrected chi connectivity index (χ4v) is 6.71. The highest BCUT2D eigenvalue weighted by atomic mass is 32.2. The molecule has 4 heterocycles. The van der Waals surface area contributed by atoms with Crippen molar-refractivity contribution in [2.75, 3.05) is 19.6 Å². The molecular weight excluding hydrogens is 394 g/mol. The van der Waals surface area contributed by atoms with Crippen LogP contribution in [-0.2, 0) is 14.4 Å². The van der Waals surface area contributed by atoms with Crippen molar-refractivity contribution < 1.29 is 24.6 Å². The molecule has 0 spiro atoms. The molecule has 0 radical (unpaired) electrons. The van der Waals surface area contributed by atoms with Crippen LogP contribution >= 0.6 is 11.8 Å². The summed E-state index contributed by atoms with van der Waals surface area (Å²) in [5.74, 6) is -1.85. The summed E-state index contributed by atoms with van der Waals surface area (Å²) in [6.07, 6.45) is 2.65. The minimum absolute atomic E-state index is 0.0750. The summed E-state index contributed by atoms with van der Waals surface area (Å²) < 4.78 is 0. The molecule has 2 amide bonds. The minimum Gasteiger partial charge on any atom is -0.477 e. The van der Waals surface area contributed by atoms with E-state index in [1.165, 1.54) is 16.7 Å². The second-order valence-corrected chi connectivity index (χ2v) is 9.99. The van der Waals surface area contributed by atoms with Crippen LogP contribution in [0.25, 0.3) is 0 Å². The van der Waals surface area contributed by atoms with Gasteiger partial charge in [0.05, 0.1) is 18.1 Å². The van der Waals surface area contributed by atoms with Gasteiger partial charge in [0.15, 0.2) is 0 Å². The van der Waals surface area contributed by atoms with E-state index in [9.17, 15) is 24.6 Å². The van der Waals surface area contributed by atoms with Crippen LogP contribution in [0.4, 0.5) is 0 Å². The fraction of sp³-hybridized carbons (Fsp3) is 0.750. The average Bonchev–Trinajstić information content (AvgIpc) is 3.36. The van der Waals surface area contributed by atoms with Gasteiger partial charge in [-0.05, 0) is 26.2 Å². The summed E-state index contributed by atoms with van der Waals surface area (Å²) in [6, 6.07) is -0.173. The predicted molar refractivity (Wildman–Crippen MR) is 108 cm³/mol. The van der Waals surface area contributed by atoms with Crippen LogP contribution in [0.2, 0.25) is 0 Å². The lowest BCUT2D eigenvalue weighted by molar-refractivity contribution is -0.163. The molecule has 29 heavy (non-hydrogen) atoms. The number of carboxylic acid groups (broad SMARTS) is 1. The number of aliphatic hydroxyl groups is 1. The van der Waals surface area contributed by atoms with Crippen LogP contribution in [0, 0.1) is 11.8 Å². The summed E-state index contributed by atoms with van der Waals surface area (Å²) in [4.78, 5) is 40.8. The number of nitrogens with one attached hydrogen (secondary N) is 1. The first kappa shape index (κ1) is 20.7. The topological polar surface area (TPSA) is 110 Å². The number of fused-ring (bicyclic) bond motifs is 1. The molecule has 4 aliphatic rings. The minimum atomic E-state index is -1.09. The lowest BCUT2D eigenvalue weighted by Crippen LogP contribution is -2.63. The van der Waals surface area contributed by atoms with Crippen molar-refractivity contribution in [3.63, 3.8) is 0 Å². The number of hydrogen-bond donors (Lipinski definition) is 3. The molecule has 3 N–H and O–H groups in total. The SMILES string of the molecule is CC(O)[C@H]1C(=O)N2C(C(=O)O)=C(S[C@@H]3CN[C@H](CC(=O)N4CCCC4)C3)[C@H](C)[C@H]12. The third-order valence-corrected chi connectivity index (χ3v) is 8.18. The number of β-lactam (4-membered cyclic amide) rings is 1. The number of likely N-dealkylation sites (tertiary alicyclic amines) is 1. The number of rotatable bonds is 6. The molecule has 3 fully saturated rings. The summed E-state index contributed by atoms with van der Waals surface area (Å²) in [5.41, 5.74) is 0.0750. The van der Waals surface area contributed by atoms with Gasteiger partial charge in [0.2, 0.25) is 11.8 Å². The van der Waals surface area contributed by atoms with Crippen molar-refractivity contribution in [1.82, 2.24) is 15.1 Å². The standard InChI is InChI=1S/C20H29N3O5S/c1-10-16-15(11(2)24)19(26)23(16)17(20(27)28)18(10)29-13-7-12(21-9-13)8-14(25)22-5-3-4-6-22/h10-13,15-16,21,24H,3-9H2,1-2H3,(H,27,28)/t10-,11?,12+,13+,15-,16-/m1/s1. The molecule has 8 nitrogen and oxygen atoms in total. The summed E-state index contributed by atoms with van der Waals surface area (Å²) in [6.45, 7) is 5.94. The Morgan fingerprint density at radius 1 is 1.31 bits per heavy atom. The summed E-state index contributed by atoms with van der Waals surface area (Å²) in [7, 11) is 0. The molecule has 0 aromatic heterocycles. The van der Waals surface area contributed by atoms with Gasteiger partial charge in [0, 0.05) is 48.2 Å². The Kier molecular flexibility index (Phi) is 5.65. The van der Waals surface area contributed by atoms with Gasteiger partial charge in [-0.25, -0.2) is 4.79 Å². The van der Waals surface area contributed by atoms with Crippen LogP contribution in [-0.4, -0.2) is 80.9 Å². The highest BCUT2D eigenvalue weighted by Gasteiger charge is 2.60. The van der Waals surface area contributed by atoms with Gasteiger partial charge in [-0.2, -0.15) is 0 Å². The van der Waals surface area contributed by atoms with Gasteiger partial charge in [0.25, 0.3) is 0 Å². The first-order valence-corrected chi connectivity index (χ1v) is 11.3. The molecule has 0 aliphatic carbocycles. The van der Waals surface area contributed by atoms with Crippen LogP contribution in [0.5, 0.6) is 0 Å². The molecular formula is C20H29N3O5S. The van der Waals surface area contributed by atoms with E-state index >= 15 is 0 Å². The Morgan fingerprint density at radius 3 is 2.62 bits per heavy atom. The lowest BCUT2D eigenvalue weighted by atomic mass is 9.79. The van der Waals surface area contributed by atoms with Crippen LogP contribution < -0.4 is 5.32 Å². The zero-order valence-corrected chi connectivity index (χ0v) is 17.7. The Morgan fingerprint density at radius 2 is 2.00 bits per heavy atom. The number of carbonyl (C=O) groups excluding carboxylic acids is 2. The third-order valence-electron chi connectivity index (χ3n) is 6.67. The molecule has 9 heteroatoms. The van der Waals surface area contributed by atoms with Crippen molar-refractivity contribution in [3.05, 3.63) is 10.6 Å². The molecule has 0 aromatic carbocycles. The predicted octanol–water partition coefficient (Wildman–Crippen LogP) is 0.616. The number of hydrogen-bond acceptors (Lipinski definition) is 6. The van der Waals surface area contributed by atoms with E-state index < -0.39 is 18.0 Å². The molecule has 160 valence electrons. The molecule has 6 atom stereocenters. The lowest BCUT2D eigenvalue weighted by Gasteiger charge is -2.46. The van der Waals surface area contributed by atoms with Gasteiger partial charge >= 0.3 is 5.97 Å². The molecule has 3 saturated heterocycles. The number of nitrogens with zero attached hydrogens (tertiary/aromatic N) is 2. The Hall–Kier alpha value is -1.58. The van der Waals surface area contributed by atoms with E-state index in [4.69, 9.17) is 0 Å². The molecule has 0 bridgehead atoms. The molecule has 1 unspecified atom stereocenters. The van der Waals surface area contributed by atoms with Crippen molar-refractivity contribution in [1.29, 1.82) is 0 Å². The van der Waals surface area contributed by atoms with E-state index in [-0.39, 0.29) is 40.8 Å². The maximum absolute atomic E-state index is 12.4. The second-order valence-electron chi connectivity index (χ2n) is 8.64. The van der Waals surface area contributed by atoms with E-state index in [0.717, 1.165) is 37.3 Å². The monoisotopic (exact) mass is 423 g/mol. The van der Waals surface area contributed by atoms with Gasteiger partial charge < -0.3 is 25.3 Å². The molecule has 4 aliphatic heterocycles. The third kappa shape index (κ3) is 3.57. The van der Waals surface area contributed by atoms with Gasteiger partial charge in [-0.15, -0.1) is 11.8 Å². The van der Waals surface area contributed by atoms with Gasteiger partial charge in [-0.3, -0.25) is 9.59 Å². The highest BCUT2D eigenvalue weighted by Crippen LogP contribution is 2.51.